The summed E-state index contributed by atoms with van der Waals surface area (Å²) in [4.78, 5) is 10.8. The highest BCUT2D eigenvalue weighted by Gasteiger charge is 2.08. The molecule has 2 aromatic rings. The number of carbonyl (C=O) groups excluding carboxylic acids is 1. The van der Waals surface area contributed by atoms with Crippen LogP contribution in [0.15, 0.2) is 22.8 Å². The summed E-state index contributed by atoms with van der Waals surface area (Å²) >= 11 is 5.77. The number of aromatic nitrogens is 2. The van der Waals surface area contributed by atoms with Crippen LogP contribution in [0.2, 0.25) is 5.02 Å². The van der Waals surface area contributed by atoms with Gasteiger partial charge in [0, 0.05) is 5.02 Å². The molecule has 0 bridgehead atoms. The Balaban J connectivity index is 2.14. The van der Waals surface area contributed by atoms with Gasteiger partial charge in [0.05, 0.1) is 5.56 Å². The van der Waals surface area contributed by atoms with E-state index in [1.807, 2.05) is 0 Å². The minimum absolute atomic E-state index is 0.192. The maximum Gasteiger partial charge on any atom is 0.153 e. The zero-order valence-corrected chi connectivity index (χ0v) is 9.77. The van der Waals surface area contributed by atoms with Gasteiger partial charge >= 0.3 is 0 Å². The van der Waals surface area contributed by atoms with Crippen LogP contribution in [-0.4, -0.2) is 16.6 Å². The van der Waals surface area contributed by atoms with Crippen molar-refractivity contribution in [3.05, 3.63) is 40.2 Å². The van der Waals surface area contributed by atoms with Gasteiger partial charge < -0.3 is 4.74 Å². The quantitative estimate of drug-likeness (QED) is 0.782. The summed E-state index contributed by atoms with van der Waals surface area (Å²) in [6.07, 6.45) is 0.690. The number of hydrogen-bond donors (Lipinski definition) is 0. The first-order valence-electron chi connectivity index (χ1n) is 4.86. The molecule has 1 aromatic carbocycles. The van der Waals surface area contributed by atoms with Crippen molar-refractivity contribution in [2.45, 2.75) is 13.5 Å². The maximum absolute atomic E-state index is 10.8. The highest BCUT2D eigenvalue weighted by Crippen LogP contribution is 2.22. The predicted molar refractivity (Wildman–Crippen MR) is 60.2 cm³/mol. The Morgan fingerprint density at radius 3 is 2.94 bits per heavy atom. The first-order valence-corrected chi connectivity index (χ1v) is 5.24. The molecule has 0 aliphatic rings. The van der Waals surface area contributed by atoms with E-state index in [0.717, 1.165) is 0 Å². The van der Waals surface area contributed by atoms with Gasteiger partial charge in [-0.1, -0.05) is 21.9 Å². The molecule has 0 aliphatic carbocycles. The van der Waals surface area contributed by atoms with Crippen LogP contribution < -0.4 is 4.74 Å². The van der Waals surface area contributed by atoms with Gasteiger partial charge in [-0.25, -0.2) is 4.63 Å². The Kier molecular flexibility index (Phi) is 3.39. The summed E-state index contributed by atoms with van der Waals surface area (Å²) < 4.78 is 9.99. The lowest BCUT2D eigenvalue weighted by Crippen LogP contribution is -2.00. The lowest BCUT2D eigenvalue weighted by molar-refractivity contribution is 0.111. The molecule has 2 rings (SSSR count). The van der Waals surface area contributed by atoms with E-state index in [9.17, 15) is 4.79 Å². The molecule has 1 heterocycles. The minimum Gasteiger partial charge on any atom is -0.486 e. The van der Waals surface area contributed by atoms with Crippen molar-refractivity contribution in [2.75, 3.05) is 0 Å². The van der Waals surface area contributed by atoms with Gasteiger partial charge in [-0.3, -0.25) is 4.79 Å². The number of ether oxygens (including phenoxy) is 1. The molecule has 0 aliphatic heterocycles. The first-order chi connectivity index (χ1) is 8.20. The van der Waals surface area contributed by atoms with Gasteiger partial charge in [-0.15, -0.1) is 0 Å². The van der Waals surface area contributed by atoms with E-state index in [2.05, 4.69) is 14.9 Å². The fraction of sp³-hybridized carbons (Fsp3) is 0.182. The van der Waals surface area contributed by atoms with Gasteiger partial charge in [-0.2, -0.15) is 0 Å². The molecule has 0 unspecified atom stereocenters. The zero-order chi connectivity index (χ0) is 12.3. The molecule has 1 aromatic heterocycles. The lowest BCUT2D eigenvalue weighted by Gasteiger charge is -2.06. The monoisotopic (exact) mass is 252 g/mol. The molecule has 5 nitrogen and oxygen atoms in total. The van der Waals surface area contributed by atoms with Gasteiger partial charge in [0.2, 0.25) is 0 Å². The third-order valence-electron chi connectivity index (χ3n) is 2.21. The van der Waals surface area contributed by atoms with Crippen molar-refractivity contribution >= 4 is 17.9 Å². The van der Waals surface area contributed by atoms with E-state index in [0.29, 0.717) is 34.0 Å². The number of rotatable bonds is 4. The second-order valence-corrected chi connectivity index (χ2v) is 3.82. The van der Waals surface area contributed by atoms with E-state index in [-0.39, 0.29) is 6.61 Å². The second-order valence-electron chi connectivity index (χ2n) is 3.39. The summed E-state index contributed by atoms with van der Waals surface area (Å²) in [5.41, 5.74) is 1.65. The third-order valence-corrected chi connectivity index (χ3v) is 2.44. The molecule has 17 heavy (non-hydrogen) atoms. The van der Waals surface area contributed by atoms with Crippen LogP contribution in [0, 0.1) is 6.92 Å². The number of aryl methyl sites for hydroxylation is 1. The standard InChI is InChI=1S/C11H9ClN2O3/c1-7-10(14-17-13-7)6-16-11-3-2-9(12)4-8(11)5-15/h2-5H,6H2,1H3. The van der Waals surface area contributed by atoms with Crippen molar-refractivity contribution in [3.8, 4) is 5.75 Å². The van der Waals surface area contributed by atoms with Crippen LogP contribution in [-0.2, 0) is 6.61 Å². The Morgan fingerprint density at radius 2 is 2.29 bits per heavy atom. The van der Waals surface area contributed by atoms with Gasteiger partial charge in [0.25, 0.3) is 0 Å². The van der Waals surface area contributed by atoms with Crippen LogP contribution in [0.3, 0.4) is 0 Å². The average molecular weight is 253 g/mol. The highest BCUT2D eigenvalue weighted by atomic mass is 35.5. The Morgan fingerprint density at radius 1 is 1.47 bits per heavy atom. The summed E-state index contributed by atoms with van der Waals surface area (Å²) in [6.45, 7) is 1.95. The Labute approximate surface area is 102 Å². The number of carbonyl (C=O) groups is 1. The van der Waals surface area contributed by atoms with E-state index in [4.69, 9.17) is 16.3 Å². The molecule has 0 radical (unpaired) electrons. The fourth-order valence-electron chi connectivity index (χ4n) is 1.27. The van der Waals surface area contributed by atoms with E-state index in [1.165, 1.54) is 6.07 Å². The molecule has 0 saturated carbocycles. The highest BCUT2D eigenvalue weighted by molar-refractivity contribution is 6.30. The number of nitrogens with zero attached hydrogens (tertiary/aromatic N) is 2. The smallest absolute Gasteiger partial charge is 0.153 e. The molecule has 88 valence electrons. The van der Waals surface area contributed by atoms with Crippen LogP contribution in [0.1, 0.15) is 21.7 Å². The first kappa shape index (κ1) is 11.6. The van der Waals surface area contributed by atoms with E-state index in [1.54, 1.807) is 19.1 Å². The Hall–Kier alpha value is -1.88. The van der Waals surface area contributed by atoms with Crippen molar-refractivity contribution < 1.29 is 14.2 Å². The van der Waals surface area contributed by atoms with E-state index < -0.39 is 0 Å². The molecular weight excluding hydrogens is 244 g/mol. The van der Waals surface area contributed by atoms with Crippen molar-refractivity contribution in [1.29, 1.82) is 0 Å². The van der Waals surface area contributed by atoms with Crippen molar-refractivity contribution in [2.24, 2.45) is 0 Å². The largest absolute Gasteiger partial charge is 0.486 e. The molecule has 6 heteroatoms. The summed E-state index contributed by atoms with van der Waals surface area (Å²) in [5.74, 6) is 0.451. The molecular formula is C11H9ClN2O3. The number of benzene rings is 1. The minimum atomic E-state index is 0.192. The van der Waals surface area contributed by atoms with Crippen molar-refractivity contribution in [1.82, 2.24) is 10.3 Å². The lowest BCUT2D eigenvalue weighted by atomic mass is 10.2. The fourth-order valence-corrected chi connectivity index (χ4v) is 1.45. The molecule has 0 spiro atoms. The topological polar surface area (TPSA) is 65.2 Å². The second kappa shape index (κ2) is 4.97. The Bertz CT molecular complexity index is 539. The number of aldehydes is 1. The molecule has 0 N–H and O–H groups in total. The van der Waals surface area contributed by atoms with Gasteiger partial charge in [0.1, 0.15) is 23.7 Å². The zero-order valence-electron chi connectivity index (χ0n) is 9.01. The molecule has 0 atom stereocenters. The van der Waals surface area contributed by atoms with Crippen LogP contribution >= 0.6 is 11.6 Å². The normalized spacial score (nSPS) is 10.2. The number of halogens is 1. The average Bonchev–Trinajstić information content (AvgIpc) is 2.73. The van der Waals surface area contributed by atoms with Crippen LogP contribution in [0.5, 0.6) is 5.75 Å². The SMILES string of the molecule is Cc1nonc1COc1ccc(Cl)cc1C=O. The van der Waals surface area contributed by atoms with Gasteiger partial charge in [0.15, 0.2) is 6.29 Å². The van der Waals surface area contributed by atoms with Crippen LogP contribution in [0.4, 0.5) is 0 Å². The third kappa shape index (κ3) is 2.62. The van der Waals surface area contributed by atoms with Crippen LogP contribution in [0.25, 0.3) is 0 Å². The maximum atomic E-state index is 10.8. The van der Waals surface area contributed by atoms with E-state index >= 15 is 0 Å². The summed E-state index contributed by atoms with van der Waals surface area (Å²) in [5, 5.41) is 7.79. The van der Waals surface area contributed by atoms with Crippen molar-refractivity contribution in [3.63, 3.8) is 0 Å². The summed E-state index contributed by atoms with van der Waals surface area (Å²) in [6, 6.07) is 4.82. The molecule has 0 saturated heterocycles. The van der Waals surface area contributed by atoms with Gasteiger partial charge in [-0.05, 0) is 25.1 Å². The summed E-state index contributed by atoms with van der Waals surface area (Å²) in [7, 11) is 0. The predicted octanol–water partition coefficient (Wildman–Crippen LogP) is 2.42. The number of hydrogen-bond acceptors (Lipinski definition) is 5. The molecule has 0 fully saturated rings. The molecule has 0 amide bonds.